The zero-order chi connectivity index (χ0) is 17.9. The largest absolute Gasteiger partial charge is 0.454 e. The van der Waals surface area contributed by atoms with Crippen molar-refractivity contribution in [2.45, 2.75) is 19.9 Å². The third-order valence-corrected chi connectivity index (χ3v) is 4.34. The van der Waals surface area contributed by atoms with Crippen LogP contribution in [0.1, 0.15) is 22.4 Å². The molecule has 0 unspecified atom stereocenters. The molecule has 0 aliphatic carbocycles. The number of anilines is 1. The lowest BCUT2D eigenvalue weighted by Gasteiger charge is -2.10. The van der Waals surface area contributed by atoms with E-state index >= 15 is 0 Å². The van der Waals surface area contributed by atoms with E-state index in [1.807, 2.05) is 55.5 Å². The molecule has 1 aliphatic heterocycles. The van der Waals surface area contributed by atoms with Crippen molar-refractivity contribution in [1.82, 2.24) is 9.97 Å². The molecule has 4 rings (SSSR count). The van der Waals surface area contributed by atoms with Crippen LogP contribution in [0.25, 0.3) is 0 Å². The number of fused-ring (bicyclic) bond motifs is 1. The third-order valence-electron chi connectivity index (χ3n) is 4.34. The fourth-order valence-corrected chi connectivity index (χ4v) is 2.94. The van der Waals surface area contributed by atoms with Crippen LogP contribution >= 0.6 is 0 Å². The van der Waals surface area contributed by atoms with Crippen molar-refractivity contribution in [2.24, 2.45) is 0 Å². The normalized spacial score (nSPS) is 12.2. The molecule has 0 spiro atoms. The minimum Gasteiger partial charge on any atom is -0.454 e. The summed E-state index contributed by atoms with van der Waals surface area (Å²) in [4.78, 5) is 19.8. The maximum Gasteiger partial charge on any atom is 0.256 e. The fraction of sp³-hybridized carbons (Fsp3) is 0.200. The van der Waals surface area contributed by atoms with Gasteiger partial charge in [0.2, 0.25) is 12.7 Å². The fourth-order valence-electron chi connectivity index (χ4n) is 2.94. The molecule has 0 atom stereocenters. The van der Waals surface area contributed by atoms with Crippen LogP contribution in [0.5, 0.6) is 11.5 Å². The number of rotatable bonds is 5. The molecule has 6 nitrogen and oxygen atoms in total. The number of H-pyrrole nitrogens is 1. The van der Waals surface area contributed by atoms with E-state index < -0.39 is 0 Å². The standard InChI is InChI=1S/C20H19N3O3/c1-13-16(9-14-5-3-2-4-6-14)19(24)23-20(22-13)21-11-15-7-8-17-18(10-15)26-12-25-17/h2-8,10H,9,11-12H2,1H3,(H2,21,22,23,24). The molecule has 0 fully saturated rings. The van der Waals surface area contributed by atoms with Crippen molar-refractivity contribution in [3.63, 3.8) is 0 Å². The molecule has 132 valence electrons. The van der Waals surface area contributed by atoms with E-state index in [2.05, 4.69) is 15.3 Å². The van der Waals surface area contributed by atoms with Gasteiger partial charge in [-0.25, -0.2) is 4.98 Å². The van der Waals surface area contributed by atoms with E-state index in [1.54, 1.807) is 0 Å². The van der Waals surface area contributed by atoms with Gasteiger partial charge < -0.3 is 14.8 Å². The molecule has 2 aromatic carbocycles. The lowest BCUT2D eigenvalue weighted by Crippen LogP contribution is -2.19. The highest BCUT2D eigenvalue weighted by Gasteiger charge is 2.13. The van der Waals surface area contributed by atoms with Gasteiger partial charge in [-0.2, -0.15) is 0 Å². The molecule has 0 radical (unpaired) electrons. The first-order chi connectivity index (χ1) is 12.7. The summed E-state index contributed by atoms with van der Waals surface area (Å²) < 4.78 is 10.7. The maximum absolute atomic E-state index is 12.5. The summed E-state index contributed by atoms with van der Waals surface area (Å²) in [5.41, 5.74) is 3.40. The lowest BCUT2D eigenvalue weighted by atomic mass is 10.1. The highest BCUT2D eigenvalue weighted by molar-refractivity contribution is 5.45. The van der Waals surface area contributed by atoms with Crippen LogP contribution in [0.4, 0.5) is 5.95 Å². The number of aromatic nitrogens is 2. The monoisotopic (exact) mass is 349 g/mol. The van der Waals surface area contributed by atoms with E-state index in [0.29, 0.717) is 24.5 Å². The Bertz CT molecular complexity index is 983. The zero-order valence-corrected chi connectivity index (χ0v) is 14.4. The summed E-state index contributed by atoms with van der Waals surface area (Å²) in [6.07, 6.45) is 0.567. The second kappa shape index (κ2) is 6.92. The predicted octanol–water partition coefficient (Wildman–Crippen LogP) is 3.01. The van der Waals surface area contributed by atoms with Crippen LogP contribution in [-0.4, -0.2) is 16.8 Å². The Morgan fingerprint density at radius 3 is 2.69 bits per heavy atom. The molecule has 0 saturated heterocycles. The molecule has 6 heteroatoms. The lowest BCUT2D eigenvalue weighted by molar-refractivity contribution is 0.174. The topological polar surface area (TPSA) is 76.2 Å². The summed E-state index contributed by atoms with van der Waals surface area (Å²) in [6, 6.07) is 15.7. The average molecular weight is 349 g/mol. The predicted molar refractivity (Wildman–Crippen MR) is 98.7 cm³/mol. The first-order valence-electron chi connectivity index (χ1n) is 8.45. The number of nitrogens with zero attached hydrogens (tertiary/aromatic N) is 1. The number of aryl methyl sites for hydroxylation is 1. The SMILES string of the molecule is Cc1nc(NCc2ccc3c(c2)OCO3)[nH]c(=O)c1Cc1ccccc1. The van der Waals surface area contributed by atoms with E-state index in [0.717, 1.165) is 28.3 Å². The van der Waals surface area contributed by atoms with Crippen molar-refractivity contribution >= 4 is 5.95 Å². The van der Waals surface area contributed by atoms with Crippen molar-refractivity contribution in [3.8, 4) is 11.5 Å². The van der Waals surface area contributed by atoms with Gasteiger partial charge >= 0.3 is 0 Å². The van der Waals surface area contributed by atoms with Gasteiger partial charge in [0.15, 0.2) is 11.5 Å². The van der Waals surface area contributed by atoms with Gasteiger partial charge in [0.25, 0.3) is 5.56 Å². The highest BCUT2D eigenvalue weighted by Crippen LogP contribution is 2.32. The molecule has 2 N–H and O–H groups in total. The Labute approximate surface area is 150 Å². The van der Waals surface area contributed by atoms with Gasteiger partial charge in [-0.3, -0.25) is 9.78 Å². The first-order valence-corrected chi connectivity index (χ1v) is 8.45. The van der Waals surface area contributed by atoms with Crippen LogP contribution in [-0.2, 0) is 13.0 Å². The number of nitrogens with one attached hydrogen (secondary N) is 2. The molecule has 0 amide bonds. The summed E-state index contributed by atoms with van der Waals surface area (Å²) in [5.74, 6) is 1.95. The van der Waals surface area contributed by atoms with Gasteiger partial charge in [-0.15, -0.1) is 0 Å². The molecule has 26 heavy (non-hydrogen) atoms. The summed E-state index contributed by atoms with van der Waals surface area (Å²) >= 11 is 0. The van der Waals surface area contributed by atoms with E-state index in [1.165, 1.54) is 0 Å². The molecule has 2 heterocycles. The van der Waals surface area contributed by atoms with Crippen LogP contribution in [0.3, 0.4) is 0 Å². The van der Waals surface area contributed by atoms with E-state index in [-0.39, 0.29) is 12.4 Å². The third kappa shape index (κ3) is 3.39. The van der Waals surface area contributed by atoms with Gasteiger partial charge in [0.05, 0.1) is 5.69 Å². The molecule has 0 bridgehead atoms. The van der Waals surface area contributed by atoms with Crippen LogP contribution in [0.2, 0.25) is 0 Å². The quantitative estimate of drug-likeness (QED) is 0.740. The second-order valence-electron chi connectivity index (χ2n) is 6.18. The summed E-state index contributed by atoms with van der Waals surface area (Å²) in [7, 11) is 0. The average Bonchev–Trinajstić information content (AvgIpc) is 3.12. The van der Waals surface area contributed by atoms with E-state index in [4.69, 9.17) is 9.47 Å². The van der Waals surface area contributed by atoms with Gasteiger partial charge in [0.1, 0.15) is 0 Å². The van der Waals surface area contributed by atoms with Gasteiger partial charge in [-0.1, -0.05) is 36.4 Å². The molecular formula is C20H19N3O3. The Kier molecular flexibility index (Phi) is 4.31. The minimum absolute atomic E-state index is 0.116. The van der Waals surface area contributed by atoms with Crippen molar-refractivity contribution < 1.29 is 9.47 Å². The van der Waals surface area contributed by atoms with Gasteiger partial charge in [0, 0.05) is 18.5 Å². The van der Waals surface area contributed by atoms with Crippen LogP contribution in [0.15, 0.2) is 53.3 Å². The van der Waals surface area contributed by atoms with Crippen molar-refractivity contribution in [1.29, 1.82) is 0 Å². The Balaban J connectivity index is 1.48. The Hall–Kier alpha value is -3.28. The minimum atomic E-state index is -0.116. The van der Waals surface area contributed by atoms with Gasteiger partial charge in [-0.05, 0) is 30.2 Å². The zero-order valence-electron chi connectivity index (χ0n) is 14.4. The van der Waals surface area contributed by atoms with Crippen molar-refractivity contribution in [2.75, 3.05) is 12.1 Å². The Morgan fingerprint density at radius 2 is 1.88 bits per heavy atom. The van der Waals surface area contributed by atoms with Crippen LogP contribution < -0.4 is 20.3 Å². The smallest absolute Gasteiger partial charge is 0.256 e. The molecule has 0 saturated carbocycles. The molecular weight excluding hydrogens is 330 g/mol. The van der Waals surface area contributed by atoms with E-state index in [9.17, 15) is 4.79 Å². The number of aromatic amines is 1. The van der Waals surface area contributed by atoms with Crippen LogP contribution in [0, 0.1) is 6.92 Å². The molecule has 1 aromatic heterocycles. The summed E-state index contributed by atoms with van der Waals surface area (Å²) in [5, 5.41) is 3.16. The molecule has 3 aromatic rings. The number of ether oxygens (including phenoxy) is 2. The maximum atomic E-state index is 12.5. The number of benzene rings is 2. The number of hydrogen-bond donors (Lipinski definition) is 2. The highest BCUT2D eigenvalue weighted by atomic mass is 16.7. The molecule has 1 aliphatic rings. The second-order valence-corrected chi connectivity index (χ2v) is 6.18. The summed E-state index contributed by atoms with van der Waals surface area (Å²) in [6.45, 7) is 2.64. The Morgan fingerprint density at radius 1 is 1.08 bits per heavy atom. The first kappa shape index (κ1) is 16.2. The number of hydrogen-bond acceptors (Lipinski definition) is 5. The van der Waals surface area contributed by atoms with Crippen molar-refractivity contribution in [3.05, 3.63) is 81.3 Å².